The Balaban J connectivity index is 4.23. The van der Waals surface area contributed by atoms with E-state index in [1.807, 2.05) is 20.8 Å². The number of amides is 1. The Labute approximate surface area is 111 Å². The second-order valence-electron chi connectivity index (χ2n) is 6.07. The molecule has 0 aliphatic carbocycles. The number of carbonyl (C=O) groups excluding carboxylic acids is 1. The summed E-state index contributed by atoms with van der Waals surface area (Å²) in [5.41, 5.74) is 10.8. The molecular weight excluding hydrogens is 230 g/mol. The summed E-state index contributed by atoms with van der Waals surface area (Å²) in [6.07, 6.45) is 1.24. The van der Waals surface area contributed by atoms with Crippen LogP contribution in [0.1, 0.15) is 47.5 Å². The van der Waals surface area contributed by atoms with Gasteiger partial charge in [-0.15, -0.1) is 0 Å². The van der Waals surface area contributed by atoms with E-state index in [4.69, 9.17) is 16.2 Å². The van der Waals surface area contributed by atoms with Gasteiger partial charge in [0.25, 0.3) is 0 Å². The van der Waals surface area contributed by atoms with Crippen molar-refractivity contribution in [1.82, 2.24) is 5.32 Å². The van der Waals surface area contributed by atoms with E-state index in [0.717, 1.165) is 12.8 Å². The lowest BCUT2D eigenvalue weighted by Crippen LogP contribution is -2.43. The van der Waals surface area contributed by atoms with E-state index < -0.39 is 5.60 Å². The Bertz CT molecular complexity index is 249. The summed E-state index contributed by atoms with van der Waals surface area (Å²) in [7, 11) is 0. The van der Waals surface area contributed by atoms with Gasteiger partial charge in [-0.3, -0.25) is 0 Å². The number of ether oxygens (including phenoxy) is 1. The van der Waals surface area contributed by atoms with Crippen molar-refractivity contribution in [2.45, 2.75) is 65.1 Å². The first-order valence-electron chi connectivity index (χ1n) is 6.61. The van der Waals surface area contributed by atoms with Crippen molar-refractivity contribution in [3.8, 4) is 0 Å². The zero-order valence-electron chi connectivity index (χ0n) is 12.3. The molecule has 1 unspecified atom stereocenters. The average Bonchev–Trinajstić information content (AvgIpc) is 2.20. The summed E-state index contributed by atoms with van der Waals surface area (Å²) in [5.74, 6) is 0.336. The molecule has 0 radical (unpaired) electrons. The highest BCUT2D eigenvalue weighted by molar-refractivity contribution is 5.68. The van der Waals surface area contributed by atoms with Crippen LogP contribution in [0.5, 0.6) is 0 Å². The molecule has 0 bridgehead atoms. The second-order valence-corrected chi connectivity index (χ2v) is 6.07. The molecule has 0 rings (SSSR count). The minimum absolute atomic E-state index is 0.00770. The van der Waals surface area contributed by atoms with Crippen LogP contribution in [0.15, 0.2) is 0 Å². The molecule has 5 nitrogen and oxygen atoms in total. The number of carbonyl (C=O) groups is 1. The van der Waals surface area contributed by atoms with Crippen molar-refractivity contribution in [2.24, 2.45) is 17.4 Å². The fourth-order valence-electron chi connectivity index (χ4n) is 1.54. The summed E-state index contributed by atoms with van der Waals surface area (Å²) < 4.78 is 5.25. The van der Waals surface area contributed by atoms with Crippen LogP contribution in [0.2, 0.25) is 0 Å². The average molecular weight is 259 g/mol. The zero-order valence-corrected chi connectivity index (χ0v) is 12.3. The molecule has 108 valence electrons. The molecule has 0 aromatic heterocycles. The van der Waals surface area contributed by atoms with Crippen LogP contribution in [-0.4, -0.2) is 30.3 Å². The fourth-order valence-corrected chi connectivity index (χ4v) is 1.54. The molecule has 0 aromatic carbocycles. The van der Waals surface area contributed by atoms with E-state index in [1.165, 1.54) is 0 Å². The lowest BCUT2D eigenvalue weighted by Gasteiger charge is -2.26. The molecule has 0 saturated heterocycles. The minimum atomic E-state index is -0.473. The summed E-state index contributed by atoms with van der Waals surface area (Å²) >= 11 is 0. The third-order valence-electron chi connectivity index (χ3n) is 2.66. The Kier molecular flexibility index (Phi) is 7.25. The van der Waals surface area contributed by atoms with Crippen molar-refractivity contribution in [2.75, 3.05) is 6.54 Å². The van der Waals surface area contributed by atoms with Crippen molar-refractivity contribution in [3.63, 3.8) is 0 Å². The highest BCUT2D eigenvalue weighted by Gasteiger charge is 2.21. The maximum atomic E-state index is 11.7. The predicted molar refractivity (Wildman–Crippen MR) is 74.3 cm³/mol. The Morgan fingerprint density at radius 2 is 1.83 bits per heavy atom. The largest absolute Gasteiger partial charge is 0.444 e. The van der Waals surface area contributed by atoms with Gasteiger partial charge in [-0.2, -0.15) is 0 Å². The van der Waals surface area contributed by atoms with Crippen LogP contribution >= 0.6 is 0 Å². The van der Waals surface area contributed by atoms with Gasteiger partial charge in [0.1, 0.15) is 5.60 Å². The molecule has 0 spiro atoms. The summed E-state index contributed by atoms with van der Waals surface area (Å²) in [4.78, 5) is 11.7. The fraction of sp³-hybridized carbons (Fsp3) is 0.923. The maximum Gasteiger partial charge on any atom is 0.407 e. The van der Waals surface area contributed by atoms with Crippen molar-refractivity contribution < 1.29 is 9.53 Å². The molecule has 0 heterocycles. The number of alkyl carbamates (subject to hydrolysis) is 1. The summed E-state index contributed by atoms with van der Waals surface area (Å²) in [6.45, 7) is 10.1. The van der Waals surface area contributed by atoms with Gasteiger partial charge < -0.3 is 21.5 Å². The molecule has 0 aliphatic heterocycles. The molecule has 5 heteroatoms. The van der Waals surface area contributed by atoms with Crippen LogP contribution < -0.4 is 16.8 Å². The van der Waals surface area contributed by atoms with Crippen LogP contribution in [0.25, 0.3) is 0 Å². The monoisotopic (exact) mass is 259 g/mol. The molecular formula is C13H29N3O2. The first kappa shape index (κ1) is 17.2. The van der Waals surface area contributed by atoms with Gasteiger partial charge in [-0.05, 0) is 39.5 Å². The molecule has 2 atom stereocenters. The van der Waals surface area contributed by atoms with Crippen LogP contribution in [0.3, 0.4) is 0 Å². The number of nitrogens with two attached hydrogens (primary N) is 2. The molecule has 0 saturated carbocycles. The zero-order chi connectivity index (χ0) is 14.3. The van der Waals surface area contributed by atoms with Crippen LogP contribution in [-0.2, 0) is 4.74 Å². The maximum absolute atomic E-state index is 11.7. The van der Waals surface area contributed by atoms with Crippen molar-refractivity contribution >= 4 is 6.09 Å². The van der Waals surface area contributed by atoms with E-state index in [2.05, 4.69) is 19.2 Å². The van der Waals surface area contributed by atoms with Gasteiger partial charge in [0.15, 0.2) is 0 Å². The molecule has 0 fully saturated rings. The number of rotatable bonds is 6. The highest BCUT2D eigenvalue weighted by atomic mass is 16.6. The molecule has 1 amide bonds. The van der Waals surface area contributed by atoms with E-state index in [0.29, 0.717) is 12.5 Å². The topological polar surface area (TPSA) is 90.4 Å². The predicted octanol–water partition coefficient (Wildman–Crippen LogP) is 1.60. The van der Waals surface area contributed by atoms with Gasteiger partial charge in [-0.1, -0.05) is 13.8 Å². The SMILES string of the molecule is CC(C)C(CC[C@H](N)CN)NC(=O)OC(C)(C)C. The number of hydrogen-bond donors (Lipinski definition) is 3. The van der Waals surface area contributed by atoms with Gasteiger partial charge in [0.2, 0.25) is 0 Å². The second kappa shape index (κ2) is 7.59. The lowest BCUT2D eigenvalue weighted by molar-refractivity contribution is 0.0486. The molecule has 18 heavy (non-hydrogen) atoms. The van der Waals surface area contributed by atoms with E-state index >= 15 is 0 Å². The van der Waals surface area contributed by atoms with Crippen LogP contribution in [0.4, 0.5) is 4.79 Å². The Hall–Kier alpha value is -0.810. The molecule has 0 aliphatic rings. The first-order valence-corrected chi connectivity index (χ1v) is 6.61. The summed E-state index contributed by atoms with van der Waals surface area (Å²) in [5, 5.41) is 2.89. The van der Waals surface area contributed by atoms with Crippen molar-refractivity contribution in [3.05, 3.63) is 0 Å². The number of nitrogens with one attached hydrogen (secondary N) is 1. The number of hydrogen-bond acceptors (Lipinski definition) is 4. The quantitative estimate of drug-likeness (QED) is 0.676. The minimum Gasteiger partial charge on any atom is -0.444 e. The molecule has 5 N–H and O–H groups in total. The van der Waals surface area contributed by atoms with Gasteiger partial charge >= 0.3 is 6.09 Å². The normalized spacial score (nSPS) is 15.3. The summed E-state index contributed by atoms with van der Waals surface area (Å²) in [6, 6.07) is 0.0594. The van der Waals surface area contributed by atoms with Crippen molar-refractivity contribution in [1.29, 1.82) is 0 Å². The van der Waals surface area contributed by atoms with E-state index in [-0.39, 0.29) is 18.2 Å². The van der Waals surface area contributed by atoms with Crippen LogP contribution in [0, 0.1) is 5.92 Å². The Morgan fingerprint density at radius 1 is 1.28 bits per heavy atom. The smallest absolute Gasteiger partial charge is 0.407 e. The van der Waals surface area contributed by atoms with Gasteiger partial charge in [-0.25, -0.2) is 4.79 Å². The van der Waals surface area contributed by atoms with E-state index in [9.17, 15) is 4.79 Å². The first-order chi connectivity index (χ1) is 8.15. The highest BCUT2D eigenvalue weighted by Crippen LogP contribution is 2.12. The van der Waals surface area contributed by atoms with E-state index in [1.54, 1.807) is 0 Å². The lowest BCUT2D eigenvalue weighted by atomic mass is 9.97. The molecule has 0 aromatic rings. The van der Waals surface area contributed by atoms with Gasteiger partial charge in [0, 0.05) is 18.6 Å². The third kappa shape index (κ3) is 8.31. The van der Waals surface area contributed by atoms with Gasteiger partial charge in [0.05, 0.1) is 0 Å². The standard InChI is InChI=1S/C13H29N3O2/c1-9(2)11(7-6-10(15)8-14)16-12(17)18-13(3,4)5/h9-11H,6-8,14-15H2,1-5H3,(H,16,17)/t10-,11?/m0/s1. The Morgan fingerprint density at radius 3 is 2.22 bits per heavy atom. The third-order valence-corrected chi connectivity index (χ3v) is 2.66.